The summed E-state index contributed by atoms with van der Waals surface area (Å²) in [6, 6.07) is 3.91. The van der Waals surface area contributed by atoms with E-state index in [1.165, 1.54) is 12.1 Å². The molecule has 20 heavy (non-hydrogen) atoms. The molecule has 1 amide bonds. The van der Waals surface area contributed by atoms with Gasteiger partial charge < -0.3 is 20.1 Å². The van der Waals surface area contributed by atoms with E-state index in [1.807, 2.05) is 6.92 Å². The molecule has 6 heteroatoms. The molecular weight excluding hydrogens is 263 g/mol. The van der Waals surface area contributed by atoms with Gasteiger partial charge in [-0.25, -0.2) is 4.39 Å². The Morgan fingerprint density at radius 2 is 2.10 bits per heavy atom. The van der Waals surface area contributed by atoms with Crippen LogP contribution in [0.1, 0.15) is 17.3 Å². The number of anilines is 1. The Balaban J connectivity index is 2.93. The molecule has 0 aliphatic heterocycles. The van der Waals surface area contributed by atoms with Crippen LogP contribution in [0.5, 0.6) is 0 Å². The van der Waals surface area contributed by atoms with Crippen molar-refractivity contribution in [3.8, 4) is 0 Å². The second kappa shape index (κ2) is 7.81. The van der Waals surface area contributed by atoms with E-state index in [9.17, 15) is 9.18 Å². The molecule has 0 heterocycles. The fourth-order valence-electron chi connectivity index (χ4n) is 1.87. The van der Waals surface area contributed by atoms with Crippen molar-refractivity contribution >= 4 is 11.6 Å². The van der Waals surface area contributed by atoms with E-state index in [0.717, 1.165) is 6.07 Å². The van der Waals surface area contributed by atoms with Gasteiger partial charge in [-0.1, -0.05) is 0 Å². The Hall–Kier alpha value is -1.66. The minimum atomic E-state index is -0.595. The lowest BCUT2D eigenvalue weighted by atomic mass is 10.1. The molecule has 1 aromatic rings. The minimum absolute atomic E-state index is 0.0231. The molecule has 0 radical (unpaired) electrons. The fourth-order valence-corrected chi connectivity index (χ4v) is 1.87. The van der Waals surface area contributed by atoms with Crippen molar-refractivity contribution in [1.29, 1.82) is 0 Å². The van der Waals surface area contributed by atoms with Crippen LogP contribution in [0.2, 0.25) is 0 Å². The number of nitrogens with zero attached hydrogens (tertiary/aromatic N) is 1. The first-order chi connectivity index (χ1) is 9.51. The van der Waals surface area contributed by atoms with Gasteiger partial charge in [0.05, 0.1) is 24.9 Å². The van der Waals surface area contributed by atoms with Crippen LogP contribution >= 0.6 is 0 Å². The number of nitrogens with two attached hydrogens (primary N) is 1. The van der Waals surface area contributed by atoms with E-state index >= 15 is 0 Å². The van der Waals surface area contributed by atoms with Gasteiger partial charge in [0.2, 0.25) is 0 Å². The Kier molecular flexibility index (Phi) is 6.41. The number of halogens is 1. The summed E-state index contributed by atoms with van der Waals surface area (Å²) in [7, 11) is 3.13. The van der Waals surface area contributed by atoms with Crippen LogP contribution in [0, 0.1) is 5.82 Å². The van der Waals surface area contributed by atoms with Crippen molar-refractivity contribution in [2.45, 2.75) is 13.0 Å². The van der Waals surface area contributed by atoms with Crippen LogP contribution in [0.25, 0.3) is 0 Å². The predicted molar refractivity (Wildman–Crippen MR) is 75.1 cm³/mol. The Labute approximate surface area is 118 Å². The molecule has 112 valence electrons. The predicted octanol–water partition coefficient (Wildman–Crippen LogP) is 1.53. The highest BCUT2D eigenvalue weighted by molar-refractivity contribution is 5.94. The van der Waals surface area contributed by atoms with Gasteiger partial charge in [-0.3, -0.25) is 4.79 Å². The molecule has 0 aromatic heterocycles. The number of amides is 1. The van der Waals surface area contributed by atoms with Crippen LogP contribution in [-0.2, 0) is 9.47 Å². The van der Waals surface area contributed by atoms with Crippen LogP contribution in [-0.4, -0.2) is 50.8 Å². The molecule has 1 rings (SSSR count). The standard InChI is InChI=1S/C14H21FN2O3/c1-10(9-20-3)17(6-7-19-2)14(18)11-4-5-13(16)12(15)8-11/h4-5,8,10H,6-7,9,16H2,1-3H3. The van der Waals surface area contributed by atoms with E-state index in [0.29, 0.717) is 19.8 Å². The van der Waals surface area contributed by atoms with Crippen molar-refractivity contribution in [2.24, 2.45) is 0 Å². The van der Waals surface area contributed by atoms with Crippen molar-refractivity contribution in [3.63, 3.8) is 0 Å². The molecule has 0 saturated carbocycles. The van der Waals surface area contributed by atoms with Crippen molar-refractivity contribution in [3.05, 3.63) is 29.6 Å². The van der Waals surface area contributed by atoms with Gasteiger partial charge in [0.15, 0.2) is 0 Å². The Morgan fingerprint density at radius 3 is 2.65 bits per heavy atom. The van der Waals surface area contributed by atoms with E-state index in [1.54, 1.807) is 19.1 Å². The first-order valence-corrected chi connectivity index (χ1v) is 6.35. The second-order valence-electron chi connectivity index (χ2n) is 4.53. The van der Waals surface area contributed by atoms with Crippen LogP contribution < -0.4 is 5.73 Å². The van der Waals surface area contributed by atoms with E-state index < -0.39 is 5.82 Å². The molecule has 2 N–H and O–H groups in total. The van der Waals surface area contributed by atoms with E-state index in [2.05, 4.69) is 0 Å². The average Bonchev–Trinajstić information content (AvgIpc) is 2.42. The first kappa shape index (κ1) is 16.4. The highest BCUT2D eigenvalue weighted by Crippen LogP contribution is 2.15. The summed E-state index contributed by atoms with van der Waals surface area (Å²) < 4.78 is 23.5. The zero-order valence-electron chi connectivity index (χ0n) is 12.1. The Bertz CT molecular complexity index is 454. The zero-order chi connectivity index (χ0) is 15.1. The number of hydrogen-bond donors (Lipinski definition) is 1. The number of ether oxygens (including phenoxy) is 2. The number of nitrogen functional groups attached to an aromatic ring is 1. The lowest BCUT2D eigenvalue weighted by molar-refractivity contribution is 0.0479. The first-order valence-electron chi connectivity index (χ1n) is 6.35. The van der Waals surface area contributed by atoms with Crippen LogP contribution in [0.3, 0.4) is 0 Å². The maximum Gasteiger partial charge on any atom is 0.254 e. The number of benzene rings is 1. The largest absolute Gasteiger partial charge is 0.396 e. The van der Waals surface area contributed by atoms with Crippen LogP contribution in [0.15, 0.2) is 18.2 Å². The number of carbonyl (C=O) groups excluding carboxylic acids is 1. The lowest BCUT2D eigenvalue weighted by Crippen LogP contribution is -2.43. The third-order valence-corrected chi connectivity index (χ3v) is 2.98. The third kappa shape index (κ3) is 4.18. The second-order valence-corrected chi connectivity index (χ2v) is 4.53. The van der Waals surface area contributed by atoms with Gasteiger partial charge in [0.1, 0.15) is 5.82 Å². The van der Waals surface area contributed by atoms with Crippen LogP contribution in [0.4, 0.5) is 10.1 Å². The summed E-state index contributed by atoms with van der Waals surface area (Å²) in [4.78, 5) is 14.0. The smallest absolute Gasteiger partial charge is 0.254 e. The molecule has 0 spiro atoms. The number of methoxy groups -OCH3 is 2. The molecule has 5 nitrogen and oxygen atoms in total. The quantitative estimate of drug-likeness (QED) is 0.771. The van der Waals surface area contributed by atoms with Gasteiger partial charge >= 0.3 is 0 Å². The highest BCUT2D eigenvalue weighted by atomic mass is 19.1. The fraction of sp³-hybridized carbons (Fsp3) is 0.500. The zero-order valence-corrected chi connectivity index (χ0v) is 12.1. The van der Waals surface area contributed by atoms with Gasteiger partial charge in [-0.05, 0) is 25.1 Å². The van der Waals surface area contributed by atoms with Crippen molar-refractivity contribution < 1.29 is 18.7 Å². The van der Waals surface area contributed by atoms with Gasteiger partial charge in [0, 0.05) is 26.3 Å². The van der Waals surface area contributed by atoms with Gasteiger partial charge in [-0.15, -0.1) is 0 Å². The molecule has 0 bridgehead atoms. The van der Waals surface area contributed by atoms with E-state index in [4.69, 9.17) is 15.2 Å². The number of rotatable bonds is 7. The topological polar surface area (TPSA) is 64.8 Å². The van der Waals surface area contributed by atoms with E-state index in [-0.39, 0.29) is 23.2 Å². The average molecular weight is 284 g/mol. The summed E-state index contributed by atoms with van der Waals surface area (Å²) >= 11 is 0. The van der Waals surface area contributed by atoms with Crippen molar-refractivity contribution in [2.75, 3.05) is 39.7 Å². The molecule has 0 aliphatic carbocycles. The van der Waals surface area contributed by atoms with Gasteiger partial charge in [-0.2, -0.15) is 0 Å². The highest BCUT2D eigenvalue weighted by Gasteiger charge is 2.21. The molecule has 0 aliphatic rings. The summed E-state index contributed by atoms with van der Waals surface area (Å²) in [5.41, 5.74) is 5.70. The number of hydrogen-bond acceptors (Lipinski definition) is 4. The van der Waals surface area contributed by atoms with Crippen molar-refractivity contribution in [1.82, 2.24) is 4.90 Å². The summed E-state index contributed by atoms with van der Waals surface area (Å²) in [5, 5.41) is 0. The van der Waals surface area contributed by atoms with Gasteiger partial charge in [0.25, 0.3) is 5.91 Å². The molecule has 1 atom stereocenters. The Morgan fingerprint density at radius 1 is 1.40 bits per heavy atom. The maximum absolute atomic E-state index is 13.5. The summed E-state index contributed by atoms with van der Waals surface area (Å²) in [5.74, 6) is -0.868. The summed E-state index contributed by atoms with van der Waals surface area (Å²) in [6.45, 7) is 3.07. The molecule has 1 aromatic carbocycles. The lowest BCUT2D eigenvalue weighted by Gasteiger charge is -2.28. The number of carbonyl (C=O) groups is 1. The summed E-state index contributed by atoms with van der Waals surface area (Å²) in [6.07, 6.45) is 0. The molecule has 0 saturated heterocycles. The molecular formula is C14H21FN2O3. The molecule has 0 fully saturated rings. The normalized spacial score (nSPS) is 12.2. The minimum Gasteiger partial charge on any atom is -0.396 e. The monoisotopic (exact) mass is 284 g/mol. The molecule has 1 unspecified atom stereocenters. The maximum atomic E-state index is 13.5. The third-order valence-electron chi connectivity index (χ3n) is 2.98. The SMILES string of the molecule is COCCN(C(=O)c1ccc(N)c(F)c1)C(C)COC.